The van der Waals surface area contributed by atoms with Gasteiger partial charge < -0.3 is 26.2 Å². The van der Waals surface area contributed by atoms with Gasteiger partial charge in [0.2, 0.25) is 11.8 Å². The quantitative estimate of drug-likeness (QED) is 0.149. The van der Waals surface area contributed by atoms with E-state index >= 15 is 0 Å². The summed E-state index contributed by atoms with van der Waals surface area (Å²) in [6.45, 7) is 3.53. The molecule has 5 N–H and O–H groups in total. The SMILES string of the molecule is CCCCS(=O)(=O)CC(NC(=O)c1cccnc1)C(=O)N[C@@H](Cc1ccccc1)[C@@H](O)[C@H](O)[C@@H](C)C(=O)NCc1ccccc1. The van der Waals surface area contributed by atoms with E-state index in [1.807, 2.05) is 37.3 Å². The molecule has 242 valence electrons. The highest BCUT2D eigenvalue weighted by atomic mass is 32.2. The van der Waals surface area contributed by atoms with Gasteiger partial charge in [-0.05, 0) is 36.1 Å². The van der Waals surface area contributed by atoms with Gasteiger partial charge in [0.05, 0.1) is 35.1 Å². The Morgan fingerprint density at radius 1 is 0.844 bits per heavy atom. The molecule has 1 heterocycles. The molecule has 3 aromatic rings. The number of sulfone groups is 1. The second-order valence-corrected chi connectivity index (χ2v) is 13.2. The monoisotopic (exact) mass is 638 g/mol. The Morgan fingerprint density at radius 2 is 1.49 bits per heavy atom. The van der Waals surface area contributed by atoms with E-state index in [1.54, 1.807) is 30.3 Å². The van der Waals surface area contributed by atoms with Gasteiger partial charge in [0.15, 0.2) is 9.84 Å². The van der Waals surface area contributed by atoms with E-state index in [-0.39, 0.29) is 24.3 Å². The third-order valence-electron chi connectivity index (χ3n) is 7.40. The van der Waals surface area contributed by atoms with Crippen LogP contribution in [-0.4, -0.2) is 77.1 Å². The van der Waals surface area contributed by atoms with Crippen LogP contribution in [0, 0.1) is 5.92 Å². The molecule has 1 aromatic heterocycles. The molecule has 0 aliphatic carbocycles. The van der Waals surface area contributed by atoms with Gasteiger partial charge >= 0.3 is 0 Å². The fourth-order valence-corrected chi connectivity index (χ4v) is 6.30. The standard InChI is InChI=1S/C33H42N4O7S/c1-3-4-18-45(43,44)22-28(37-32(41)26-16-11-17-34-21-26)33(42)36-27(19-24-12-7-5-8-13-24)30(39)29(38)23(2)31(40)35-20-25-14-9-6-10-15-25/h5-17,21,23,27-30,38-39H,3-4,18-20,22H2,1-2H3,(H,35,40)(H,36,42)(H,37,41)/t23-,27+,28?,29-,30-/m1/s1. The van der Waals surface area contributed by atoms with Gasteiger partial charge in [0.25, 0.3) is 5.91 Å². The number of nitrogens with one attached hydrogen (secondary N) is 3. The van der Waals surface area contributed by atoms with Crippen molar-refractivity contribution in [3.63, 3.8) is 0 Å². The predicted molar refractivity (Wildman–Crippen MR) is 171 cm³/mol. The first kappa shape index (κ1) is 35.4. The Labute approximate surface area is 264 Å². The van der Waals surface area contributed by atoms with Crippen molar-refractivity contribution in [2.45, 2.75) is 63.9 Å². The second-order valence-electron chi connectivity index (χ2n) is 11.0. The average molecular weight is 639 g/mol. The summed E-state index contributed by atoms with van der Waals surface area (Å²) in [5, 5.41) is 30.3. The molecule has 1 unspecified atom stereocenters. The molecule has 45 heavy (non-hydrogen) atoms. The zero-order chi connectivity index (χ0) is 32.8. The summed E-state index contributed by atoms with van der Waals surface area (Å²) in [5.74, 6) is -3.95. The highest BCUT2D eigenvalue weighted by Gasteiger charge is 2.36. The van der Waals surface area contributed by atoms with Gasteiger partial charge in [-0.1, -0.05) is 80.9 Å². The van der Waals surface area contributed by atoms with Crippen LogP contribution in [0.3, 0.4) is 0 Å². The summed E-state index contributed by atoms with van der Waals surface area (Å²) >= 11 is 0. The van der Waals surface area contributed by atoms with Crippen LogP contribution in [0.1, 0.15) is 48.2 Å². The van der Waals surface area contributed by atoms with Crippen LogP contribution >= 0.6 is 0 Å². The lowest BCUT2D eigenvalue weighted by Crippen LogP contribution is -2.58. The van der Waals surface area contributed by atoms with E-state index in [1.165, 1.54) is 31.5 Å². The van der Waals surface area contributed by atoms with Crippen LogP contribution in [0.2, 0.25) is 0 Å². The predicted octanol–water partition coefficient (Wildman–Crippen LogP) is 1.80. The minimum Gasteiger partial charge on any atom is -0.390 e. The molecule has 11 nitrogen and oxygen atoms in total. The second kappa shape index (κ2) is 17.4. The van der Waals surface area contributed by atoms with Crippen LogP contribution < -0.4 is 16.0 Å². The molecule has 3 amide bonds. The van der Waals surface area contributed by atoms with Crippen molar-refractivity contribution < 1.29 is 33.0 Å². The Balaban J connectivity index is 1.82. The minimum absolute atomic E-state index is 0.0506. The molecule has 12 heteroatoms. The Morgan fingerprint density at radius 3 is 2.09 bits per heavy atom. The minimum atomic E-state index is -3.76. The highest BCUT2D eigenvalue weighted by molar-refractivity contribution is 7.91. The number of hydrogen-bond donors (Lipinski definition) is 5. The van der Waals surface area contributed by atoms with Crippen LogP contribution in [0.4, 0.5) is 0 Å². The van der Waals surface area contributed by atoms with E-state index in [0.717, 1.165) is 5.56 Å². The van der Waals surface area contributed by atoms with Crippen molar-refractivity contribution in [3.05, 3.63) is 102 Å². The van der Waals surface area contributed by atoms with Gasteiger partial charge in [-0.25, -0.2) is 8.42 Å². The maximum absolute atomic E-state index is 13.7. The van der Waals surface area contributed by atoms with E-state index < -0.39 is 63.5 Å². The maximum Gasteiger partial charge on any atom is 0.253 e. The van der Waals surface area contributed by atoms with Crippen LogP contribution in [-0.2, 0) is 32.4 Å². The lowest BCUT2D eigenvalue weighted by atomic mass is 9.90. The van der Waals surface area contributed by atoms with E-state index in [0.29, 0.717) is 18.4 Å². The number of benzene rings is 2. The molecule has 0 bridgehead atoms. The smallest absolute Gasteiger partial charge is 0.253 e. The molecule has 5 atom stereocenters. The normalized spacial score (nSPS) is 14.8. The molecule has 0 fully saturated rings. The number of carbonyl (C=O) groups is 3. The van der Waals surface area contributed by atoms with Gasteiger partial charge in [0.1, 0.15) is 12.1 Å². The Kier molecular flexibility index (Phi) is 13.7. The van der Waals surface area contributed by atoms with E-state index in [2.05, 4.69) is 20.9 Å². The molecular weight excluding hydrogens is 596 g/mol. The number of rotatable bonds is 17. The lowest BCUT2D eigenvalue weighted by Gasteiger charge is -2.32. The van der Waals surface area contributed by atoms with E-state index in [9.17, 15) is 33.0 Å². The van der Waals surface area contributed by atoms with Crippen molar-refractivity contribution in [2.24, 2.45) is 5.92 Å². The number of pyridine rings is 1. The molecule has 0 saturated carbocycles. The molecule has 3 rings (SSSR count). The summed E-state index contributed by atoms with van der Waals surface area (Å²) < 4.78 is 25.8. The number of nitrogens with zero attached hydrogens (tertiary/aromatic N) is 1. The Hall–Kier alpha value is -4.13. The molecule has 0 aliphatic heterocycles. The summed E-state index contributed by atoms with van der Waals surface area (Å²) in [6, 6.07) is 18.4. The molecule has 0 spiro atoms. The van der Waals surface area contributed by atoms with Gasteiger partial charge in [0, 0.05) is 18.9 Å². The zero-order valence-electron chi connectivity index (χ0n) is 25.5. The number of amides is 3. The van der Waals surface area contributed by atoms with Gasteiger partial charge in [-0.2, -0.15) is 0 Å². The zero-order valence-corrected chi connectivity index (χ0v) is 26.3. The molecule has 0 saturated heterocycles. The first-order chi connectivity index (χ1) is 21.5. The van der Waals surface area contributed by atoms with Gasteiger partial charge in [-0.15, -0.1) is 0 Å². The molecule has 0 radical (unpaired) electrons. The van der Waals surface area contributed by atoms with Crippen LogP contribution in [0.15, 0.2) is 85.2 Å². The Bertz CT molecular complexity index is 1470. The number of aliphatic hydroxyl groups is 2. The largest absolute Gasteiger partial charge is 0.390 e. The number of unbranched alkanes of at least 4 members (excludes halogenated alkanes) is 1. The van der Waals surface area contributed by atoms with Crippen LogP contribution in [0.5, 0.6) is 0 Å². The van der Waals surface area contributed by atoms with Crippen molar-refractivity contribution in [2.75, 3.05) is 11.5 Å². The summed E-state index contributed by atoms with van der Waals surface area (Å²) in [4.78, 5) is 43.4. The number of carbonyl (C=O) groups excluding carboxylic acids is 3. The first-order valence-corrected chi connectivity index (χ1v) is 16.8. The van der Waals surface area contributed by atoms with Crippen molar-refractivity contribution in [1.29, 1.82) is 0 Å². The van der Waals surface area contributed by atoms with E-state index in [4.69, 9.17) is 0 Å². The third-order valence-corrected chi connectivity index (χ3v) is 9.15. The summed E-state index contributed by atoms with van der Waals surface area (Å²) in [7, 11) is -3.76. The van der Waals surface area contributed by atoms with Crippen LogP contribution in [0.25, 0.3) is 0 Å². The lowest BCUT2D eigenvalue weighted by molar-refractivity contribution is -0.133. The fourth-order valence-electron chi connectivity index (χ4n) is 4.67. The van der Waals surface area contributed by atoms with Crippen molar-refractivity contribution in [1.82, 2.24) is 20.9 Å². The van der Waals surface area contributed by atoms with Gasteiger partial charge in [-0.3, -0.25) is 19.4 Å². The maximum atomic E-state index is 13.7. The first-order valence-electron chi connectivity index (χ1n) is 14.9. The molecular formula is C33H42N4O7S. The molecule has 0 aliphatic rings. The number of aliphatic hydroxyl groups excluding tert-OH is 2. The topological polar surface area (TPSA) is 175 Å². The van der Waals surface area contributed by atoms with Crippen molar-refractivity contribution in [3.8, 4) is 0 Å². The summed E-state index contributed by atoms with van der Waals surface area (Å²) in [5.41, 5.74) is 1.70. The number of aromatic nitrogens is 1. The third kappa shape index (κ3) is 11.4. The average Bonchev–Trinajstić information content (AvgIpc) is 3.05. The number of hydrogen-bond acceptors (Lipinski definition) is 8. The summed E-state index contributed by atoms with van der Waals surface area (Å²) in [6.07, 6.45) is 0.606. The fraction of sp³-hybridized carbons (Fsp3) is 0.394. The highest BCUT2D eigenvalue weighted by Crippen LogP contribution is 2.16. The van der Waals surface area contributed by atoms with Crippen molar-refractivity contribution >= 4 is 27.6 Å². The molecule has 2 aromatic carbocycles.